The van der Waals surface area contributed by atoms with Crippen molar-refractivity contribution in [1.29, 1.82) is 0 Å². The number of carbonyl (C=O) groups is 1. The number of rotatable bonds is 5. The fourth-order valence-electron chi connectivity index (χ4n) is 1.40. The first-order valence-corrected chi connectivity index (χ1v) is 6.00. The molecule has 1 rings (SSSR count). The maximum atomic E-state index is 11.1. The van der Waals surface area contributed by atoms with Crippen LogP contribution in [0.1, 0.15) is 28.0 Å². The van der Waals surface area contributed by atoms with Gasteiger partial charge in [-0.3, -0.25) is 0 Å². The molecule has 0 unspecified atom stereocenters. The number of aliphatic hydroxyl groups is 1. The quantitative estimate of drug-likeness (QED) is 0.608. The third-order valence-electron chi connectivity index (χ3n) is 2.07. The van der Waals surface area contributed by atoms with Crippen molar-refractivity contribution >= 4 is 17.7 Å². The Labute approximate surface area is 98.7 Å². The van der Waals surface area contributed by atoms with Crippen LogP contribution in [0.2, 0.25) is 0 Å². The number of aromatic carboxylic acids is 1. The molecule has 0 spiro atoms. The molecule has 0 aliphatic heterocycles. The summed E-state index contributed by atoms with van der Waals surface area (Å²) in [5.74, 6) is -0.274. The van der Waals surface area contributed by atoms with Gasteiger partial charge in [0.1, 0.15) is 5.03 Å². The smallest absolute Gasteiger partial charge is 0.338 e. The van der Waals surface area contributed by atoms with E-state index in [2.05, 4.69) is 4.98 Å². The third kappa shape index (κ3) is 3.21. The summed E-state index contributed by atoms with van der Waals surface area (Å²) in [6.45, 7) is 3.73. The molecule has 0 radical (unpaired) electrons. The molecule has 1 heterocycles. The Morgan fingerprint density at radius 2 is 2.19 bits per heavy atom. The number of carboxylic acids is 1. The molecule has 1 aromatic heterocycles. The Hall–Kier alpha value is -1.07. The van der Waals surface area contributed by atoms with Gasteiger partial charge in [-0.1, -0.05) is 0 Å². The molecule has 0 bridgehead atoms. The Kier molecular flexibility index (Phi) is 4.76. The number of hydrogen-bond acceptors (Lipinski definition) is 4. The molecule has 0 amide bonds. The minimum atomic E-state index is -0.948. The molecule has 0 aliphatic rings. The molecule has 0 saturated heterocycles. The SMILES string of the molecule is Cc1cc(C)c(C(=O)O)c(SCCCO)n1. The summed E-state index contributed by atoms with van der Waals surface area (Å²) >= 11 is 1.38. The first-order valence-electron chi connectivity index (χ1n) is 5.01. The lowest BCUT2D eigenvalue weighted by Crippen LogP contribution is -2.05. The fourth-order valence-corrected chi connectivity index (χ4v) is 2.47. The number of nitrogens with zero attached hydrogens (tertiary/aromatic N) is 1. The van der Waals surface area contributed by atoms with E-state index in [-0.39, 0.29) is 12.2 Å². The maximum absolute atomic E-state index is 11.1. The minimum absolute atomic E-state index is 0.111. The molecule has 2 N–H and O–H groups in total. The molecule has 16 heavy (non-hydrogen) atoms. The van der Waals surface area contributed by atoms with Crippen LogP contribution in [0.5, 0.6) is 0 Å². The summed E-state index contributed by atoms with van der Waals surface area (Å²) in [6.07, 6.45) is 0.637. The van der Waals surface area contributed by atoms with E-state index in [1.54, 1.807) is 13.0 Å². The highest BCUT2D eigenvalue weighted by molar-refractivity contribution is 7.99. The molecule has 0 aromatic carbocycles. The second-order valence-electron chi connectivity index (χ2n) is 3.49. The van der Waals surface area contributed by atoms with Crippen LogP contribution in [-0.2, 0) is 0 Å². The van der Waals surface area contributed by atoms with Gasteiger partial charge in [0.2, 0.25) is 0 Å². The number of aliphatic hydroxyl groups excluding tert-OH is 1. The van der Waals surface area contributed by atoms with E-state index in [0.29, 0.717) is 17.2 Å². The van der Waals surface area contributed by atoms with Crippen LogP contribution in [0.25, 0.3) is 0 Å². The number of carboxylic acid groups (broad SMARTS) is 1. The first-order chi connectivity index (χ1) is 7.56. The zero-order valence-electron chi connectivity index (χ0n) is 9.36. The molecule has 5 heteroatoms. The van der Waals surface area contributed by atoms with Gasteiger partial charge >= 0.3 is 5.97 Å². The molecule has 88 valence electrons. The highest BCUT2D eigenvalue weighted by atomic mass is 32.2. The number of hydrogen-bond donors (Lipinski definition) is 2. The molecule has 0 atom stereocenters. The standard InChI is InChI=1S/C11H15NO3S/c1-7-6-8(2)12-10(9(7)11(14)15)16-5-3-4-13/h6,13H,3-5H2,1-2H3,(H,14,15). The number of thioether (sulfide) groups is 1. The van der Waals surface area contributed by atoms with E-state index in [1.807, 2.05) is 6.92 Å². The van der Waals surface area contributed by atoms with Gasteiger partial charge in [-0.15, -0.1) is 11.8 Å². The largest absolute Gasteiger partial charge is 0.478 e. The van der Waals surface area contributed by atoms with Gasteiger partial charge in [0.25, 0.3) is 0 Å². The van der Waals surface area contributed by atoms with E-state index >= 15 is 0 Å². The summed E-state index contributed by atoms with van der Waals surface area (Å²) in [6, 6.07) is 1.76. The molecule has 1 aromatic rings. The Morgan fingerprint density at radius 3 is 2.75 bits per heavy atom. The second-order valence-corrected chi connectivity index (χ2v) is 4.58. The summed E-state index contributed by atoms with van der Waals surface area (Å²) in [4.78, 5) is 15.3. The second kappa shape index (κ2) is 5.86. The van der Waals surface area contributed by atoms with Gasteiger partial charge in [-0.25, -0.2) is 9.78 Å². The van der Waals surface area contributed by atoms with Gasteiger partial charge in [-0.2, -0.15) is 0 Å². The van der Waals surface area contributed by atoms with Crippen molar-refractivity contribution < 1.29 is 15.0 Å². The zero-order valence-corrected chi connectivity index (χ0v) is 10.2. The summed E-state index contributed by atoms with van der Waals surface area (Å²) < 4.78 is 0. The highest BCUT2D eigenvalue weighted by Gasteiger charge is 2.15. The van der Waals surface area contributed by atoms with Crippen molar-refractivity contribution in [3.05, 3.63) is 22.9 Å². The normalized spacial score (nSPS) is 10.4. The third-order valence-corrected chi connectivity index (χ3v) is 3.13. The maximum Gasteiger partial charge on any atom is 0.338 e. The lowest BCUT2D eigenvalue weighted by atomic mass is 10.1. The van der Waals surface area contributed by atoms with Crippen LogP contribution in [0.4, 0.5) is 0 Å². The van der Waals surface area contributed by atoms with Gasteiger partial charge < -0.3 is 10.2 Å². The van der Waals surface area contributed by atoms with E-state index in [0.717, 1.165) is 11.3 Å². The monoisotopic (exact) mass is 241 g/mol. The summed E-state index contributed by atoms with van der Waals surface area (Å²) in [5.41, 5.74) is 1.81. The first kappa shape index (κ1) is 13.0. The van der Waals surface area contributed by atoms with E-state index in [4.69, 9.17) is 10.2 Å². The predicted octanol–water partition coefficient (Wildman–Crippen LogP) is 1.87. The molecule has 4 nitrogen and oxygen atoms in total. The number of pyridine rings is 1. The van der Waals surface area contributed by atoms with Gasteiger partial charge in [0.15, 0.2) is 0 Å². The Bertz CT molecular complexity index is 393. The average Bonchev–Trinajstić information content (AvgIpc) is 2.16. The fraction of sp³-hybridized carbons (Fsp3) is 0.455. The van der Waals surface area contributed by atoms with Gasteiger partial charge in [0.05, 0.1) is 5.56 Å². The van der Waals surface area contributed by atoms with Crippen LogP contribution < -0.4 is 0 Å². The van der Waals surface area contributed by atoms with Crippen LogP contribution in [0, 0.1) is 13.8 Å². The highest BCUT2D eigenvalue weighted by Crippen LogP contribution is 2.24. The molecular weight excluding hydrogens is 226 g/mol. The molecular formula is C11H15NO3S. The van der Waals surface area contributed by atoms with Crippen molar-refractivity contribution in [1.82, 2.24) is 4.98 Å². The van der Waals surface area contributed by atoms with Crippen LogP contribution in [-0.4, -0.2) is 33.5 Å². The Balaban J connectivity index is 2.99. The lowest BCUT2D eigenvalue weighted by Gasteiger charge is -2.08. The zero-order chi connectivity index (χ0) is 12.1. The van der Waals surface area contributed by atoms with Crippen LogP contribution in [0.3, 0.4) is 0 Å². The minimum Gasteiger partial charge on any atom is -0.478 e. The number of aromatic nitrogens is 1. The van der Waals surface area contributed by atoms with Gasteiger partial charge in [-0.05, 0) is 31.9 Å². The van der Waals surface area contributed by atoms with E-state index < -0.39 is 5.97 Å². The van der Waals surface area contributed by atoms with Crippen LogP contribution >= 0.6 is 11.8 Å². The predicted molar refractivity (Wildman–Crippen MR) is 63.1 cm³/mol. The van der Waals surface area contributed by atoms with E-state index in [9.17, 15) is 4.79 Å². The Morgan fingerprint density at radius 1 is 1.50 bits per heavy atom. The lowest BCUT2D eigenvalue weighted by molar-refractivity contribution is 0.0691. The molecule has 0 fully saturated rings. The van der Waals surface area contributed by atoms with Crippen molar-refractivity contribution in [3.8, 4) is 0 Å². The number of aryl methyl sites for hydroxylation is 2. The van der Waals surface area contributed by atoms with Crippen molar-refractivity contribution in [3.63, 3.8) is 0 Å². The molecule has 0 saturated carbocycles. The van der Waals surface area contributed by atoms with Crippen molar-refractivity contribution in [2.45, 2.75) is 25.3 Å². The van der Waals surface area contributed by atoms with Crippen molar-refractivity contribution in [2.75, 3.05) is 12.4 Å². The topological polar surface area (TPSA) is 70.4 Å². The summed E-state index contributed by atoms with van der Waals surface area (Å²) in [5, 5.41) is 18.3. The van der Waals surface area contributed by atoms with Gasteiger partial charge in [0, 0.05) is 18.1 Å². The van der Waals surface area contributed by atoms with Crippen molar-refractivity contribution in [2.24, 2.45) is 0 Å². The summed E-state index contributed by atoms with van der Waals surface area (Å²) in [7, 11) is 0. The van der Waals surface area contributed by atoms with Crippen LogP contribution in [0.15, 0.2) is 11.1 Å². The average molecular weight is 241 g/mol. The van der Waals surface area contributed by atoms with E-state index in [1.165, 1.54) is 11.8 Å². The molecule has 0 aliphatic carbocycles.